The summed E-state index contributed by atoms with van der Waals surface area (Å²) in [7, 11) is 0. The number of halogens is 8. The topological polar surface area (TPSA) is 32.8 Å². The lowest BCUT2D eigenvalue weighted by Gasteiger charge is -2.39. The molecule has 0 aromatic heterocycles. The molecule has 0 N–H and O–H groups in total. The highest BCUT2D eigenvalue weighted by Crippen LogP contribution is 2.33. The highest BCUT2D eigenvalue weighted by atomic mass is 19.4. The fourth-order valence-electron chi connectivity index (χ4n) is 4.10. The minimum absolute atomic E-state index is 0.00242. The van der Waals surface area contributed by atoms with E-state index >= 15 is 0 Å². The van der Waals surface area contributed by atoms with Gasteiger partial charge >= 0.3 is 18.3 Å². The Morgan fingerprint density at radius 1 is 0.972 bits per heavy atom. The highest BCUT2D eigenvalue weighted by Gasteiger charge is 2.42. The van der Waals surface area contributed by atoms with Crippen molar-refractivity contribution < 1.29 is 44.7 Å². The molecule has 12 heteroatoms. The van der Waals surface area contributed by atoms with E-state index in [9.17, 15) is 39.9 Å². The van der Waals surface area contributed by atoms with E-state index < -0.39 is 47.3 Å². The van der Waals surface area contributed by atoms with Gasteiger partial charge in [0.25, 0.3) is 0 Å². The lowest BCUT2D eigenvalue weighted by molar-refractivity contribution is -0.185. The third-order valence-electron chi connectivity index (χ3n) is 6.00. The smallest absolute Gasteiger partial charge is 0.471 e. The van der Waals surface area contributed by atoms with Crippen LogP contribution in [0.3, 0.4) is 0 Å². The number of ether oxygens (including phenoxy) is 1. The van der Waals surface area contributed by atoms with Crippen molar-refractivity contribution in [1.29, 1.82) is 0 Å². The van der Waals surface area contributed by atoms with E-state index in [4.69, 9.17) is 4.74 Å². The molecular formula is C24H20F8N2O2. The van der Waals surface area contributed by atoms with Crippen LogP contribution in [0.25, 0.3) is 5.57 Å². The van der Waals surface area contributed by atoms with Gasteiger partial charge in [-0.1, -0.05) is 18.2 Å². The summed E-state index contributed by atoms with van der Waals surface area (Å²) >= 11 is 0. The maximum atomic E-state index is 14.6. The lowest BCUT2D eigenvalue weighted by atomic mass is 9.98. The number of likely N-dealkylation sites (tertiary alicyclic amines) is 1. The molecule has 0 aliphatic carbocycles. The normalized spacial score (nSPS) is 17.6. The largest absolute Gasteiger partial charge is 0.482 e. The van der Waals surface area contributed by atoms with Crippen LogP contribution in [0.15, 0.2) is 42.5 Å². The molecule has 0 radical (unpaired) electrons. The zero-order chi connectivity index (χ0) is 26.3. The molecule has 0 saturated carbocycles. The van der Waals surface area contributed by atoms with Gasteiger partial charge in [0.15, 0.2) is 17.4 Å². The van der Waals surface area contributed by atoms with Gasteiger partial charge in [-0.05, 0) is 47.4 Å². The summed E-state index contributed by atoms with van der Waals surface area (Å²) in [5.74, 6) is -4.49. The van der Waals surface area contributed by atoms with Gasteiger partial charge in [-0.25, -0.2) is 8.78 Å². The van der Waals surface area contributed by atoms with Crippen molar-refractivity contribution in [3.63, 3.8) is 0 Å². The number of carbonyl (C=O) groups excluding carboxylic acids is 1. The molecule has 4 rings (SSSR count). The Morgan fingerprint density at radius 2 is 1.58 bits per heavy atom. The Kier molecular flexibility index (Phi) is 7.00. The van der Waals surface area contributed by atoms with Crippen LogP contribution in [-0.4, -0.2) is 54.2 Å². The number of alkyl halides is 6. The monoisotopic (exact) mass is 520 g/mol. The van der Waals surface area contributed by atoms with E-state index in [1.54, 1.807) is 0 Å². The van der Waals surface area contributed by atoms with Gasteiger partial charge in [0.2, 0.25) is 0 Å². The molecule has 2 aromatic carbocycles. The summed E-state index contributed by atoms with van der Waals surface area (Å²) in [5, 5.41) is 0. The van der Waals surface area contributed by atoms with E-state index in [0.717, 1.165) is 24.3 Å². The third-order valence-corrected chi connectivity index (χ3v) is 6.00. The van der Waals surface area contributed by atoms with Gasteiger partial charge in [0.1, 0.15) is 6.10 Å². The van der Waals surface area contributed by atoms with Crippen LogP contribution in [0.4, 0.5) is 35.1 Å². The van der Waals surface area contributed by atoms with Crippen molar-refractivity contribution >= 4 is 11.5 Å². The van der Waals surface area contributed by atoms with E-state index in [2.05, 4.69) is 0 Å². The Morgan fingerprint density at radius 3 is 2.08 bits per heavy atom. The van der Waals surface area contributed by atoms with Crippen LogP contribution in [-0.2, 0) is 17.5 Å². The number of hydrogen-bond acceptors (Lipinski definition) is 3. The predicted octanol–water partition coefficient (Wildman–Crippen LogP) is 5.42. The molecule has 2 aromatic rings. The molecule has 1 saturated heterocycles. The second-order valence-corrected chi connectivity index (χ2v) is 8.63. The number of benzene rings is 2. The van der Waals surface area contributed by atoms with E-state index in [-0.39, 0.29) is 25.1 Å². The van der Waals surface area contributed by atoms with Crippen LogP contribution >= 0.6 is 0 Å². The number of amides is 1. The minimum Gasteiger partial charge on any atom is -0.482 e. The summed E-state index contributed by atoms with van der Waals surface area (Å²) in [6, 6.07) is 6.78. The summed E-state index contributed by atoms with van der Waals surface area (Å²) in [6.45, 7) is 0.421. The molecular weight excluding hydrogens is 500 g/mol. The predicted molar refractivity (Wildman–Crippen MR) is 113 cm³/mol. The maximum absolute atomic E-state index is 14.6. The minimum atomic E-state index is -4.99. The van der Waals surface area contributed by atoms with Gasteiger partial charge in [-0.15, -0.1) is 0 Å². The number of nitrogens with zero attached hydrogens (tertiary/aromatic N) is 2. The molecule has 4 nitrogen and oxygen atoms in total. The average molecular weight is 520 g/mol. The highest BCUT2D eigenvalue weighted by molar-refractivity contribution is 5.83. The SMILES string of the molecule is O=C(N1CC=C(c2cc(F)c(OC3CN(Cc4ccc(C(F)(F)F)cc4)C3)c(F)c2)CC1)C(F)(F)F. The molecule has 2 aliphatic heterocycles. The van der Waals surface area contributed by atoms with Crippen molar-refractivity contribution in [3.8, 4) is 5.75 Å². The van der Waals surface area contributed by atoms with Crippen LogP contribution in [0.1, 0.15) is 23.1 Å². The molecule has 36 heavy (non-hydrogen) atoms. The summed E-state index contributed by atoms with van der Waals surface area (Å²) in [6.07, 6.45) is -8.60. The molecule has 0 unspecified atom stereocenters. The van der Waals surface area contributed by atoms with Gasteiger partial charge in [0, 0.05) is 32.7 Å². The average Bonchev–Trinajstić information content (AvgIpc) is 2.78. The molecule has 0 bridgehead atoms. The summed E-state index contributed by atoms with van der Waals surface area (Å²) < 4.78 is 110. The number of rotatable bonds is 5. The Bertz CT molecular complexity index is 1130. The first-order valence-electron chi connectivity index (χ1n) is 10.9. The quantitative estimate of drug-likeness (QED) is 0.494. The summed E-state index contributed by atoms with van der Waals surface area (Å²) in [5.41, 5.74) is 0.465. The lowest BCUT2D eigenvalue weighted by Crippen LogP contribution is -2.53. The van der Waals surface area contributed by atoms with Crippen molar-refractivity contribution in [1.82, 2.24) is 9.80 Å². The number of carbonyl (C=O) groups is 1. The van der Waals surface area contributed by atoms with Crippen molar-refractivity contribution in [3.05, 3.63) is 70.8 Å². The van der Waals surface area contributed by atoms with Crippen LogP contribution in [0.5, 0.6) is 5.75 Å². The van der Waals surface area contributed by atoms with Crippen LogP contribution in [0, 0.1) is 11.6 Å². The molecule has 0 spiro atoms. The van der Waals surface area contributed by atoms with Crippen LogP contribution < -0.4 is 4.74 Å². The van der Waals surface area contributed by atoms with E-state index in [1.807, 2.05) is 4.90 Å². The molecule has 194 valence electrons. The third kappa shape index (κ3) is 5.80. The Balaban J connectivity index is 1.32. The van der Waals surface area contributed by atoms with Gasteiger partial charge in [-0.2, -0.15) is 26.3 Å². The fraction of sp³-hybridized carbons (Fsp3) is 0.375. The first-order chi connectivity index (χ1) is 16.8. The van der Waals surface area contributed by atoms with Gasteiger partial charge in [-0.3, -0.25) is 9.69 Å². The number of hydrogen-bond donors (Lipinski definition) is 0. The van der Waals surface area contributed by atoms with Crippen LogP contribution in [0.2, 0.25) is 0 Å². The molecule has 2 heterocycles. The molecule has 2 aliphatic rings. The fourth-order valence-corrected chi connectivity index (χ4v) is 4.10. The molecule has 1 amide bonds. The maximum Gasteiger partial charge on any atom is 0.471 e. The summed E-state index contributed by atoms with van der Waals surface area (Å²) in [4.78, 5) is 13.8. The first-order valence-corrected chi connectivity index (χ1v) is 10.9. The molecule has 1 fully saturated rings. The van der Waals surface area contributed by atoms with E-state index in [0.29, 0.717) is 35.7 Å². The van der Waals surface area contributed by atoms with Crippen molar-refractivity contribution in [2.75, 3.05) is 26.2 Å². The standard InChI is InChI=1S/C24H20F8N2O2/c25-19-9-16(15-5-7-34(8-6-15)22(35)24(30,31)32)10-20(26)21(19)36-18-12-33(13-18)11-14-1-3-17(4-2-14)23(27,28)29/h1-5,9-10,18H,6-8,11-13H2. The van der Waals surface area contributed by atoms with Gasteiger partial charge in [0.05, 0.1) is 5.56 Å². The van der Waals surface area contributed by atoms with Crippen molar-refractivity contribution in [2.45, 2.75) is 31.4 Å². The Hall–Kier alpha value is -3.15. The zero-order valence-corrected chi connectivity index (χ0v) is 18.6. The zero-order valence-electron chi connectivity index (χ0n) is 18.6. The second-order valence-electron chi connectivity index (χ2n) is 8.63. The van der Waals surface area contributed by atoms with Crippen molar-refractivity contribution in [2.24, 2.45) is 0 Å². The molecule has 0 atom stereocenters. The second kappa shape index (κ2) is 9.72. The first kappa shape index (κ1) is 25.9. The Labute approximate surface area is 200 Å². The van der Waals surface area contributed by atoms with E-state index in [1.165, 1.54) is 18.2 Å². The van der Waals surface area contributed by atoms with Gasteiger partial charge < -0.3 is 9.64 Å².